The normalized spacial score (nSPS) is 11.3. The fraction of sp³-hybridized carbons (Fsp3) is 0.600. The van der Waals surface area contributed by atoms with Crippen molar-refractivity contribution < 1.29 is 9.47 Å². The number of aromatic nitrogens is 2. The molecule has 90 valence electrons. The molecule has 0 radical (unpaired) electrons. The maximum atomic E-state index is 5.10. The highest BCUT2D eigenvalue weighted by molar-refractivity contribution is 9.10. The molecule has 0 aliphatic heterocycles. The number of nitrogens with one attached hydrogen (secondary N) is 1. The van der Waals surface area contributed by atoms with E-state index in [0.717, 1.165) is 4.47 Å². The predicted octanol–water partition coefficient (Wildman–Crippen LogP) is 2.08. The maximum absolute atomic E-state index is 5.10. The monoisotopic (exact) mass is 289 g/mol. The fourth-order valence-corrected chi connectivity index (χ4v) is 1.61. The van der Waals surface area contributed by atoms with Crippen LogP contribution in [0.3, 0.4) is 0 Å². The molecule has 0 fully saturated rings. The van der Waals surface area contributed by atoms with Crippen LogP contribution in [0.4, 0.5) is 5.95 Å². The maximum Gasteiger partial charge on any atom is 0.232 e. The Kier molecular flexibility index (Phi) is 4.49. The van der Waals surface area contributed by atoms with Gasteiger partial charge in [-0.05, 0) is 29.8 Å². The summed E-state index contributed by atoms with van der Waals surface area (Å²) in [4.78, 5) is 8.36. The second kappa shape index (κ2) is 5.45. The minimum atomic E-state index is -0.229. The Bertz CT molecular complexity index is 358. The average Bonchev–Trinajstić information content (AvgIpc) is 2.20. The summed E-state index contributed by atoms with van der Waals surface area (Å²) in [6, 6.07) is 0. The van der Waals surface area contributed by atoms with Gasteiger partial charge in [-0.1, -0.05) is 0 Å². The topological polar surface area (TPSA) is 56.3 Å². The van der Waals surface area contributed by atoms with Crippen LogP contribution in [-0.2, 0) is 4.74 Å². The van der Waals surface area contributed by atoms with E-state index in [1.165, 1.54) is 0 Å². The van der Waals surface area contributed by atoms with Crippen LogP contribution in [0.2, 0.25) is 0 Å². The lowest BCUT2D eigenvalue weighted by molar-refractivity contribution is 0.157. The van der Waals surface area contributed by atoms with E-state index >= 15 is 0 Å². The van der Waals surface area contributed by atoms with Gasteiger partial charge < -0.3 is 14.8 Å². The molecule has 5 nitrogen and oxygen atoms in total. The average molecular weight is 290 g/mol. The molecule has 6 heteroatoms. The van der Waals surface area contributed by atoms with E-state index in [1.807, 2.05) is 13.8 Å². The van der Waals surface area contributed by atoms with Crippen molar-refractivity contribution >= 4 is 21.9 Å². The van der Waals surface area contributed by atoms with Crippen molar-refractivity contribution in [2.45, 2.75) is 19.4 Å². The Morgan fingerprint density at radius 3 is 2.69 bits per heavy atom. The number of ether oxygens (including phenoxy) is 2. The third kappa shape index (κ3) is 3.61. The number of halogens is 1. The molecule has 0 atom stereocenters. The molecule has 1 N–H and O–H groups in total. The molecule has 0 aliphatic carbocycles. The highest BCUT2D eigenvalue weighted by Crippen LogP contribution is 2.23. The zero-order valence-electron chi connectivity index (χ0n) is 9.87. The number of hydrogen-bond acceptors (Lipinski definition) is 5. The summed E-state index contributed by atoms with van der Waals surface area (Å²) in [5.74, 6) is 1.02. The first-order valence-electron chi connectivity index (χ1n) is 4.82. The zero-order valence-corrected chi connectivity index (χ0v) is 11.5. The first kappa shape index (κ1) is 13.2. The van der Waals surface area contributed by atoms with Crippen LogP contribution in [0, 0.1) is 0 Å². The standard InChI is InChI=1S/C10H16BrN3O2/c1-10(2,6-15-3)14-9-12-5-7(11)8(13-9)16-4/h5H,6H2,1-4H3,(H,12,13,14). The van der Waals surface area contributed by atoms with Gasteiger partial charge in [0.25, 0.3) is 0 Å². The van der Waals surface area contributed by atoms with E-state index < -0.39 is 0 Å². The third-order valence-electron chi connectivity index (χ3n) is 1.86. The van der Waals surface area contributed by atoms with E-state index in [0.29, 0.717) is 18.4 Å². The van der Waals surface area contributed by atoms with Crippen LogP contribution in [0.1, 0.15) is 13.8 Å². The smallest absolute Gasteiger partial charge is 0.232 e. The highest BCUT2D eigenvalue weighted by atomic mass is 79.9. The molecule has 1 heterocycles. The zero-order chi connectivity index (χ0) is 12.2. The van der Waals surface area contributed by atoms with Gasteiger partial charge in [0.15, 0.2) is 0 Å². The summed E-state index contributed by atoms with van der Waals surface area (Å²) >= 11 is 3.30. The van der Waals surface area contributed by atoms with E-state index in [4.69, 9.17) is 9.47 Å². The van der Waals surface area contributed by atoms with E-state index in [2.05, 4.69) is 31.2 Å². The van der Waals surface area contributed by atoms with Gasteiger partial charge in [-0.2, -0.15) is 4.98 Å². The van der Waals surface area contributed by atoms with Gasteiger partial charge in [-0.3, -0.25) is 0 Å². The second-order valence-electron chi connectivity index (χ2n) is 3.99. The summed E-state index contributed by atoms with van der Waals surface area (Å²) in [6.07, 6.45) is 1.65. The second-order valence-corrected chi connectivity index (χ2v) is 4.85. The van der Waals surface area contributed by atoms with Crippen molar-refractivity contribution in [1.82, 2.24) is 9.97 Å². The van der Waals surface area contributed by atoms with E-state index in [9.17, 15) is 0 Å². The third-order valence-corrected chi connectivity index (χ3v) is 2.40. The molecule has 0 saturated carbocycles. The first-order valence-corrected chi connectivity index (χ1v) is 5.61. The SMILES string of the molecule is COCC(C)(C)Nc1ncc(Br)c(OC)n1. The lowest BCUT2D eigenvalue weighted by atomic mass is 10.1. The first-order chi connectivity index (χ1) is 7.48. The summed E-state index contributed by atoms with van der Waals surface area (Å²) in [6.45, 7) is 4.58. The molecular formula is C10H16BrN3O2. The van der Waals surface area contributed by atoms with E-state index in [-0.39, 0.29) is 5.54 Å². The largest absolute Gasteiger partial charge is 0.480 e. The molecule has 0 aliphatic rings. The Labute approximate surface area is 104 Å². The molecule has 1 rings (SSSR count). The molecule has 0 bridgehead atoms. The summed E-state index contributed by atoms with van der Waals surface area (Å²) < 4.78 is 10.9. The summed E-state index contributed by atoms with van der Waals surface area (Å²) in [7, 11) is 3.23. The highest BCUT2D eigenvalue weighted by Gasteiger charge is 2.19. The van der Waals surface area contributed by atoms with Gasteiger partial charge in [0.2, 0.25) is 11.8 Å². The lowest BCUT2D eigenvalue weighted by Gasteiger charge is -2.25. The molecule has 0 saturated heterocycles. The van der Waals surface area contributed by atoms with E-state index in [1.54, 1.807) is 20.4 Å². The number of hydrogen-bond donors (Lipinski definition) is 1. The van der Waals surface area contributed by atoms with Gasteiger partial charge in [-0.15, -0.1) is 0 Å². The van der Waals surface area contributed by atoms with Gasteiger partial charge in [0.1, 0.15) is 0 Å². The molecule has 1 aromatic heterocycles. The molecule has 1 aromatic rings. The Morgan fingerprint density at radius 2 is 2.12 bits per heavy atom. The fourth-order valence-electron chi connectivity index (χ4n) is 1.25. The van der Waals surface area contributed by atoms with Crippen LogP contribution in [-0.4, -0.2) is 36.3 Å². The van der Waals surface area contributed by atoms with Crippen molar-refractivity contribution in [3.8, 4) is 5.88 Å². The van der Waals surface area contributed by atoms with Crippen molar-refractivity contribution in [3.63, 3.8) is 0 Å². The molecular weight excluding hydrogens is 274 g/mol. The Hall–Kier alpha value is -0.880. The number of methoxy groups -OCH3 is 2. The van der Waals surface area contributed by atoms with Crippen molar-refractivity contribution in [2.75, 3.05) is 26.1 Å². The van der Waals surface area contributed by atoms with Crippen molar-refractivity contribution in [1.29, 1.82) is 0 Å². The minimum absolute atomic E-state index is 0.229. The minimum Gasteiger partial charge on any atom is -0.480 e. The molecule has 0 amide bonds. The lowest BCUT2D eigenvalue weighted by Crippen LogP contribution is -2.36. The quantitative estimate of drug-likeness (QED) is 0.899. The molecule has 16 heavy (non-hydrogen) atoms. The van der Waals surface area contributed by atoms with Crippen LogP contribution < -0.4 is 10.1 Å². The summed E-state index contributed by atoms with van der Waals surface area (Å²) in [5.41, 5.74) is -0.229. The van der Waals surface area contributed by atoms with Crippen LogP contribution in [0.15, 0.2) is 10.7 Å². The molecule has 0 aromatic carbocycles. The number of nitrogens with zero attached hydrogens (tertiary/aromatic N) is 2. The number of rotatable bonds is 5. The molecule has 0 unspecified atom stereocenters. The van der Waals surface area contributed by atoms with Gasteiger partial charge in [-0.25, -0.2) is 4.98 Å². The van der Waals surface area contributed by atoms with Crippen molar-refractivity contribution in [3.05, 3.63) is 10.7 Å². The molecule has 0 spiro atoms. The van der Waals surface area contributed by atoms with Gasteiger partial charge >= 0.3 is 0 Å². The van der Waals surface area contributed by atoms with Crippen molar-refractivity contribution in [2.24, 2.45) is 0 Å². The van der Waals surface area contributed by atoms with Gasteiger partial charge in [0.05, 0.1) is 29.9 Å². The Balaban J connectivity index is 2.81. The van der Waals surface area contributed by atoms with Crippen LogP contribution in [0.5, 0.6) is 5.88 Å². The Morgan fingerprint density at radius 1 is 1.44 bits per heavy atom. The predicted molar refractivity (Wildman–Crippen MR) is 65.9 cm³/mol. The van der Waals surface area contributed by atoms with Gasteiger partial charge in [0, 0.05) is 7.11 Å². The van der Waals surface area contributed by atoms with Crippen LogP contribution in [0.25, 0.3) is 0 Å². The number of anilines is 1. The van der Waals surface area contributed by atoms with Crippen LogP contribution >= 0.6 is 15.9 Å². The summed E-state index contributed by atoms with van der Waals surface area (Å²) in [5, 5.41) is 3.17.